The highest BCUT2D eigenvalue weighted by atomic mass is 32.2. The highest BCUT2D eigenvalue weighted by Gasteiger charge is 2.14. The fourth-order valence-corrected chi connectivity index (χ4v) is 1.92. The normalized spacial score (nSPS) is 14.5. The second kappa shape index (κ2) is 4.60. The first-order valence-corrected chi connectivity index (χ1v) is 4.59. The molecule has 0 amide bonds. The van der Waals surface area contributed by atoms with E-state index in [0.717, 1.165) is 5.04 Å². The zero-order valence-electron chi connectivity index (χ0n) is 8.01. The van der Waals surface area contributed by atoms with Crippen LogP contribution in [-0.2, 0) is 0 Å². The van der Waals surface area contributed by atoms with Crippen LogP contribution in [0, 0.1) is 0 Å². The monoisotopic (exact) mass is 171 g/mol. The predicted molar refractivity (Wildman–Crippen MR) is 55.5 cm³/mol. The zero-order chi connectivity index (χ0) is 8.91. The molecule has 0 aliphatic rings. The molecule has 0 N–H and O–H groups in total. The minimum Gasteiger partial charge on any atom is -0.287 e. The van der Waals surface area contributed by atoms with Crippen molar-refractivity contribution in [3.8, 4) is 0 Å². The average Bonchev–Trinajstić information content (AvgIpc) is 1.86. The number of nitrogens with zero attached hydrogens (tertiary/aromatic N) is 1. The van der Waals surface area contributed by atoms with E-state index in [0.29, 0.717) is 0 Å². The van der Waals surface area contributed by atoms with Gasteiger partial charge < -0.3 is 0 Å². The van der Waals surface area contributed by atoms with Crippen molar-refractivity contribution in [3.05, 3.63) is 12.2 Å². The molecule has 0 saturated carbocycles. The van der Waals surface area contributed by atoms with Crippen LogP contribution in [0.4, 0.5) is 0 Å². The Morgan fingerprint density at radius 1 is 1.45 bits per heavy atom. The summed E-state index contributed by atoms with van der Waals surface area (Å²) in [6.07, 6.45) is 4.27. The second-order valence-electron chi connectivity index (χ2n) is 2.95. The van der Waals surface area contributed by atoms with Gasteiger partial charge in [-0.2, -0.15) is 0 Å². The van der Waals surface area contributed by atoms with E-state index < -0.39 is 0 Å². The third-order valence-corrected chi connectivity index (χ3v) is 2.43. The van der Waals surface area contributed by atoms with Gasteiger partial charge in [-0.25, -0.2) is 0 Å². The van der Waals surface area contributed by atoms with Gasteiger partial charge in [-0.05, 0) is 27.7 Å². The van der Waals surface area contributed by atoms with E-state index in [9.17, 15) is 0 Å². The lowest BCUT2D eigenvalue weighted by atomic mass is 10.2. The van der Waals surface area contributed by atoms with E-state index in [-0.39, 0.29) is 4.75 Å². The summed E-state index contributed by atoms with van der Waals surface area (Å²) in [6.45, 7) is 8.45. The van der Waals surface area contributed by atoms with Crippen molar-refractivity contribution in [1.82, 2.24) is 0 Å². The van der Waals surface area contributed by atoms with Gasteiger partial charge in [0.25, 0.3) is 0 Å². The molecular weight excluding hydrogens is 154 g/mol. The topological polar surface area (TPSA) is 12.4 Å². The first-order chi connectivity index (χ1) is 5.02. The van der Waals surface area contributed by atoms with Crippen molar-refractivity contribution in [2.45, 2.75) is 32.4 Å². The van der Waals surface area contributed by atoms with Crippen LogP contribution in [0.5, 0.6) is 0 Å². The van der Waals surface area contributed by atoms with Crippen LogP contribution in [-0.4, -0.2) is 16.8 Å². The molecule has 0 spiro atoms. The number of allylic oxidation sites excluding steroid dienone is 1. The standard InChI is InChI=1S/C9H17NS/c1-6-7-9(3,4)11-8(2)10-5/h6-7H,1-5H3/b7-6-,10-8-. The van der Waals surface area contributed by atoms with Crippen molar-refractivity contribution in [3.63, 3.8) is 0 Å². The van der Waals surface area contributed by atoms with Crippen molar-refractivity contribution >= 4 is 16.8 Å². The van der Waals surface area contributed by atoms with Gasteiger partial charge in [0.15, 0.2) is 0 Å². The van der Waals surface area contributed by atoms with Crippen LogP contribution in [0.15, 0.2) is 17.1 Å². The molecule has 0 aromatic carbocycles. The molecule has 0 rings (SSSR count). The Labute approximate surface area is 74.0 Å². The van der Waals surface area contributed by atoms with Gasteiger partial charge in [0.2, 0.25) is 0 Å². The minimum absolute atomic E-state index is 0.179. The van der Waals surface area contributed by atoms with E-state index in [4.69, 9.17) is 0 Å². The first-order valence-electron chi connectivity index (χ1n) is 3.78. The quantitative estimate of drug-likeness (QED) is 0.353. The lowest BCUT2D eigenvalue weighted by molar-refractivity contribution is 0.902. The SMILES string of the molecule is C/C=C\C(C)(C)S/C(C)=N\C. The van der Waals surface area contributed by atoms with E-state index in [1.165, 1.54) is 0 Å². The zero-order valence-corrected chi connectivity index (χ0v) is 8.83. The first kappa shape index (κ1) is 10.8. The molecule has 0 bridgehead atoms. The highest BCUT2D eigenvalue weighted by Crippen LogP contribution is 2.26. The summed E-state index contributed by atoms with van der Waals surface area (Å²) >= 11 is 1.79. The van der Waals surface area contributed by atoms with Crippen LogP contribution in [0.3, 0.4) is 0 Å². The van der Waals surface area contributed by atoms with E-state index in [1.807, 2.05) is 20.9 Å². The van der Waals surface area contributed by atoms with Gasteiger partial charge in [0.1, 0.15) is 0 Å². The Morgan fingerprint density at radius 2 is 2.00 bits per heavy atom. The smallest absolute Gasteiger partial charge is 0.0649 e. The average molecular weight is 171 g/mol. The summed E-state index contributed by atoms with van der Waals surface area (Å²) in [7, 11) is 1.83. The molecule has 1 nitrogen and oxygen atoms in total. The largest absolute Gasteiger partial charge is 0.287 e. The van der Waals surface area contributed by atoms with E-state index in [2.05, 4.69) is 31.0 Å². The van der Waals surface area contributed by atoms with Crippen molar-refractivity contribution < 1.29 is 0 Å². The third-order valence-electron chi connectivity index (χ3n) is 1.29. The molecule has 0 aromatic heterocycles. The number of thioether (sulfide) groups is 1. The maximum Gasteiger partial charge on any atom is 0.0649 e. The van der Waals surface area contributed by atoms with Gasteiger partial charge >= 0.3 is 0 Å². The van der Waals surface area contributed by atoms with E-state index in [1.54, 1.807) is 11.8 Å². The predicted octanol–water partition coefficient (Wildman–Crippen LogP) is 3.12. The van der Waals surface area contributed by atoms with Crippen molar-refractivity contribution in [1.29, 1.82) is 0 Å². The van der Waals surface area contributed by atoms with Gasteiger partial charge in [-0.3, -0.25) is 4.99 Å². The highest BCUT2D eigenvalue weighted by molar-refractivity contribution is 8.15. The molecule has 64 valence electrons. The summed E-state index contributed by atoms with van der Waals surface area (Å²) in [5.74, 6) is 0. The molecule has 0 aliphatic carbocycles. The van der Waals surface area contributed by atoms with Crippen molar-refractivity contribution in [2.24, 2.45) is 4.99 Å². The van der Waals surface area contributed by atoms with Crippen LogP contribution < -0.4 is 0 Å². The number of aliphatic imine (C=N–C) groups is 1. The molecule has 0 radical (unpaired) electrons. The lowest BCUT2D eigenvalue weighted by Crippen LogP contribution is -2.12. The van der Waals surface area contributed by atoms with Gasteiger partial charge in [0.05, 0.1) is 5.04 Å². The van der Waals surface area contributed by atoms with Crippen molar-refractivity contribution in [2.75, 3.05) is 7.05 Å². The molecule has 0 aliphatic heterocycles. The molecule has 0 saturated heterocycles. The molecule has 0 unspecified atom stereocenters. The Hall–Kier alpha value is -0.240. The molecule has 11 heavy (non-hydrogen) atoms. The molecule has 0 heterocycles. The Balaban J connectivity index is 4.12. The lowest BCUT2D eigenvalue weighted by Gasteiger charge is -2.18. The number of rotatable bonds is 2. The Kier molecular flexibility index (Phi) is 4.50. The Morgan fingerprint density at radius 3 is 2.36 bits per heavy atom. The van der Waals surface area contributed by atoms with Crippen LogP contribution in [0.1, 0.15) is 27.7 Å². The van der Waals surface area contributed by atoms with Crippen LogP contribution in [0.2, 0.25) is 0 Å². The van der Waals surface area contributed by atoms with Gasteiger partial charge in [-0.1, -0.05) is 12.2 Å². The van der Waals surface area contributed by atoms with E-state index >= 15 is 0 Å². The summed E-state index contributed by atoms with van der Waals surface area (Å²) in [5, 5.41) is 1.13. The Bertz CT molecular complexity index is 168. The fourth-order valence-electron chi connectivity index (χ4n) is 0.862. The summed E-state index contributed by atoms with van der Waals surface area (Å²) in [4.78, 5) is 4.10. The van der Waals surface area contributed by atoms with Gasteiger partial charge in [0, 0.05) is 11.8 Å². The summed E-state index contributed by atoms with van der Waals surface area (Å²) in [6, 6.07) is 0. The molecule has 2 heteroatoms. The molecule has 0 fully saturated rings. The summed E-state index contributed by atoms with van der Waals surface area (Å²) < 4.78 is 0.179. The minimum atomic E-state index is 0.179. The fraction of sp³-hybridized carbons (Fsp3) is 0.667. The maximum absolute atomic E-state index is 4.10. The second-order valence-corrected chi connectivity index (χ2v) is 4.80. The van der Waals surface area contributed by atoms with Crippen LogP contribution >= 0.6 is 11.8 Å². The number of hydrogen-bond acceptors (Lipinski definition) is 2. The van der Waals surface area contributed by atoms with Crippen LogP contribution in [0.25, 0.3) is 0 Å². The number of hydrogen-bond donors (Lipinski definition) is 0. The molecule has 0 aromatic rings. The molecule has 0 atom stereocenters. The molecular formula is C9H17NS. The maximum atomic E-state index is 4.10. The summed E-state index contributed by atoms with van der Waals surface area (Å²) in [5.41, 5.74) is 0. The third kappa shape index (κ3) is 5.08. The van der Waals surface area contributed by atoms with Gasteiger partial charge in [-0.15, -0.1) is 11.8 Å².